The highest BCUT2D eigenvalue weighted by molar-refractivity contribution is 8.00. The van der Waals surface area contributed by atoms with Gasteiger partial charge in [-0.3, -0.25) is 14.4 Å². The van der Waals surface area contributed by atoms with E-state index in [1.165, 1.54) is 11.8 Å². The smallest absolute Gasteiger partial charge is 0.272 e. The molecule has 0 aliphatic heterocycles. The summed E-state index contributed by atoms with van der Waals surface area (Å²) in [6.07, 6.45) is 3.22. The molecule has 3 aromatic carbocycles. The predicted octanol–water partition coefficient (Wildman–Crippen LogP) is 5.62. The number of carbonyl (C=O) groups excluding carboxylic acids is 3. The first-order valence-corrected chi connectivity index (χ1v) is 13.5. The second-order valence-electron chi connectivity index (χ2n) is 8.41. The number of benzene rings is 3. The van der Waals surface area contributed by atoms with Gasteiger partial charge >= 0.3 is 0 Å². The van der Waals surface area contributed by atoms with Crippen LogP contribution in [0.5, 0.6) is 5.75 Å². The average Bonchev–Trinajstić information content (AvgIpc) is 2.98. The van der Waals surface area contributed by atoms with Gasteiger partial charge in [0, 0.05) is 22.3 Å². The molecule has 1 heterocycles. The number of ether oxygens (including phenoxy) is 1. The third kappa shape index (κ3) is 8.57. The Kier molecular flexibility index (Phi) is 10.1. The zero-order chi connectivity index (χ0) is 28.2. The molecule has 0 unspecified atom stereocenters. The number of hydrogen-bond donors (Lipinski definition) is 3. The van der Waals surface area contributed by atoms with Crippen LogP contribution in [-0.4, -0.2) is 35.1 Å². The van der Waals surface area contributed by atoms with E-state index in [2.05, 4.69) is 20.9 Å². The standard InChI is InChI=1S/C31H28N4O4S/c1-2-39-25-15-11-22(12-16-25)20-27(34-30(37)23-8-4-3-5-9-23)31(38)33-24-13-17-26(18-14-24)40-21-29(36)35-28-10-6-7-19-32-28/h3-20H,2,21H2,1H3,(H,33,38)(H,34,37)(H,32,35,36)/b27-20-. The molecule has 0 spiro atoms. The summed E-state index contributed by atoms with van der Waals surface area (Å²) in [5.74, 6) is 0.380. The second-order valence-corrected chi connectivity index (χ2v) is 9.46. The van der Waals surface area contributed by atoms with Crippen molar-refractivity contribution < 1.29 is 19.1 Å². The first-order chi connectivity index (χ1) is 19.5. The molecule has 4 rings (SSSR count). The highest BCUT2D eigenvalue weighted by Gasteiger charge is 2.15. The largest absolute Gasteiger partial charge is 0.494 e. The number of pyridine rings is 1. The van der Waals surface area contributed by atoms with E-state index in [0.717, 1.165) is 10.5 Å². The fraction of sp³-hybridized carbons (Fsp3) is 0.0968. The number of nitrogens with one attached hydrogen (secondary N) is 3. The summed E-state index contributed by atoms with van der Waals surface area (Å²) in [6, 6.07) is 28.3. The maximum atomic E-state index is 13.2. The molecule has 0 aliphatic rings. The van der Waals surface area contributed by atoms with Gasteiger partial charge in [0.1, 0.15) is 17.3 Å². The number of aromatic nitrogens is 1. The van der Waals surface area contributed by atoms with Gasteiger partial charge in [-0.15, -0.1) is 11.8 Å². The Morgan fingerprint density at radius 3 is 2.25 bits per heavy atom. The van der Waals surface area contributed by atoms with Crippen LogP contribution in [0.25, 0.3) is 6.08 Å². The van der Waals surface area contributed by atoms with Gasteiger partial charge in [-0.2, -0.15) is 0 Å². The SMILES string of the molecule is CCOc1ccc(/C=C(\NC(=O)c2ccccc2)C(=O)Nc2ccc(SCC(=O)Nc3ccccn3)cc2)cc1. The fourth-order valence-corrected chi connectivity index (χ4v) is 4.23. The van der Waals surface area contributed by atoms with Crippen molar-refractivity contribution in [3.63, 3.8) is 0 Å². The molecule has 0 bridgehead atoms. The minimum absolute atomic E-state index is 0.0858. The normalized spacial score (nSPS) is 10.9. The lowest BCUT2D eigenvalue weighted by Gasteiger charge is -2.12. The van der Waals surface area contributed by atoms with Crippen molar-refractivity contribution in [2.24, 2.45) is 0 Å². The Morgan fingerprint density at radius 2 is 1.57 bits per heavy atom. The molecule has 0 fully saturated rings. The molecule has 1 aromatic heterocycles. The van der Waals surface area contributed by atoms with Gasteiger partial charge in [0.25, 0.3) is 11.8 Å². The third-order valence-electron chi connectivity index (χ3n) is 5.45. The van der Waals surface area contributed by atoms with Crippen LogP contribution in [0.15, 0.2) is 114 Å². The molecule has 9 heteroatoms. The van der Waals surface area contributed by atoms with Crippen LogP contribution in [0, 0.1) is 0 Å². The Labute approximate surface area is 236 Å². The predicted molar refractivity (Wildman–Crippen MR) is 158 cm³/mol. The number of thioether (sulfide) groups is 1. The van der Waals surface area contributed by atoms with Gasteiger partial charge in [0.2, 0.25) is 5.91 Å². The third-order valence-corrected chi connectivity index (χ3v) is 6.46. The van der Waals surface area contributed by atoms with Crippen molar-refractivity contribution in [1.29, 1.82) is 0 Å². The average molecular weight is 553 g/mol. The summed E-state index contributed by atoms with van der Waals surface area (Å²) >= 11 is 1.36. The van der Waals surface area contributed by atoms with Gasteiger partial charge in [-0.1, -0.05) is 36.4 Å². The van der Waals surface area contributed by atoms with Crippen molar-refractivity contribution in [1.82, 2.24) is 10.3 Å². The zero-order valence-electron chi connectivity index (χ0n) is 21.8. The van der Waals surface area contributed by atoms with Crippen molar-refractivity contribution in [2.45, 2.75) is 11.8 Å². The van der Waals surface area contributed by atoms with Crippen LogP contribution in [0.2, 0.25) is 0 Å². The molecular formula is C31H28N4O4S. The summed E-state index contributed by atoms with van der Waals surface area (Å²) in [5, 5.41) is 8.31. The number of rotatable bonds is 11. The summed E-state index contributed by atoms with van der Waals surface area (Å²) in [6.45, 7) is 2.45. The molecule has 3 N–H and O–H groups in total. The molecule has 0 aliphatic carbocycles. The number of carbonyl (C=O) groups is 3. The number of amides is 3. The quantitative estimate of drug-likeness (QED) is 0.165. The highest BCUT2D eigenvalue weighted by Crippen LogP contribution is 2.21. The van der Waals surface area contributed by atoms with Crippen LogP contribution in [0.1, 0.15) is 22.8 Å². The minimum Gasteiger partial charge on any atom is -0.494 e. The van der Waals surface area contributed by atoms with Gasteiger partial charge in [-0.05, 0) is 79.2 Å². The van der Waals surface area contributed by atoms with Crippen molar-refractivity contribution >= 4 is 47.1 Å². The van der Waals surface area contributed by atoms with E-state index in [0.29, 0.717) is 29.4 Å². The molecule has 0 radical (unpaired) electrons. The van der Waals surface area contributed by atoms with Crippen LogP contribution in [-0.2, 0) is 9.59 Å². The highest BCUT2D eigenvalue weighted by atomic mass is 32.2. The minimum atomic E-state index is -0.478. The number of hydrogen-bond acceptors (Lipinski definition) is 6. The molecule has 4 aromatic rings. The first kappa shape index (κ1) is 28.1. The van der Waals surface area contributed by atoms with Crippen LogP contribution < -0.4 is 20.7 Å². The van der Waals surface area contributed by atoms with E-state index in [9.17, 15) is 14.4 Å². The van der Waals surface area contributed by atoms with Gasteiger partial charge in [-0.25, -0.2) is 4.98 Å². The summed E-state index contributed by atoms with van der Waals surface area (Å²) in [5.41, 5.74) is 1.78. The maximum absolute atomic E-state index is 13.2. The summed E-state index contributed by atoms with van der Waals surface area (Å²) in [7, 11) is 0. The van der Waals surface area contributed by atoms with Gasteiger partial charge < -0.3 is 20.7 Å². The molecule has 40 heavy (non-hydrogen) atoms. The molecular weight excluding hydrogens is 524 g/mol. The Morgan fingerprint density at radius 1 is 0.850 bits per heavy atom. The van der Waals surface area contributed by atoms with Gasteiger partial charge in [0.05, 0.1) is 12.4 Å². The monoisotopic (exact) mass is 552 g/mol. The molecule has 202 valence electrons. The molecule has 0 saturated carbocycles. The molecule has 0 saturated heterocycles. The second kappa shape index (κ2) is 14.3. The zero-order valence-corrected chi connectivity index (χ0v) is 22.6. The van der Waals surface area contributed by atoms with E-state index in [1.54, 1.807) is 79.0 Å². The molecule has 8 nitrogen and oxygen atoms in total. The van der Waals surface area contributed by atoms with E-state index < -0.39 is 11.8 Å². The molecule has 3 amide bonds. The Hall–Kier alpha value is -4.89. The molecule has 0 atom stereocenters. The van der Waals surface area contributed by atoms with Crippen molar-refractivity contribution in [3.05, 3.63) is 120 Å². The summed E-state index contributed by atoms with van der Waals surface area (Å²) < 4.78 is 5.48. The number of anilines is 2. The van der Waals surface area contributed by atoms with E-state index >= 15 is 0 Å². The lowest BCUT2D eigenvalue weighted by atomic mass is 10.1. The van der Waals surface area contributed by atoms with Crippen LogP contribution >= 0.6 is 11.8 Å². The Balaban J connectivity index is 1.42. The van der Waals surface area contributed by atoms with Gasteiger partial charge in [0.15, 0.2) is 0 Å². The van der Waals surface area contributed by atoms with Crippen LogP contribution in [0.3, 0.4) is 0 Å². The lowest BCUT2D eigenvalue weighted by molar-refractivity contribution is -0.114. The van der Waals surface area contributed by atoms with Crippen molar-refractivity contribution in [3.8, 4) is 5.75 Å². The summed E-state index contributed by atoms with van der Waals surface area (Å²) in [4.78, 5) is 43.2. The Bertz CT molecular complexity index is 1460. The lowest BCUT2D eigenvalue weighted by Crippen LogP contribution is -2.30. The van der Waals surface area contributed by atoms with E-state index in [4.69, 9.17) is 4.74 Å². The van der Waals surface area contributed by atoms with E-state index in [-0.39, 0.29) is 17.4 Å². The van der Waals surface area contributed by atoms with E-state index in [1.807, 2.05) is 37.3 Å². The number of nitrogens with zero attached hydrogens (tertiary/aromatic N) is 1. The van der Waals surface area contributed by atoms with Crippen molar-refractivity contribution in [2.75, 3.05) is 23.0 Å². The fourth-order valence-electron chi connectivity index (χ4n) is 3.53. The topological polar surface area (TPSA) is 109 Å². The first-order valence-electron chi connectivity index (χ1n) is 12.6. The maximum Gasteiger partial charge on any atom is 0.272 e. The van der Waals surface area contributed by atoms with Crippen LogP contribution in [0.4, 0.5) is 11.5 Å².